The van der Waals surface area contributed by atoms with Crippen LogP contribution in [0.25, 0.3) is 6.08 Å². The maximum atomic E-state index is 12.3. The molecule has 2 N–H and O–H groups in total. The van der Waals surface area contributed by atoms with Crippen LogP contribution >= 0.6 is 23.1 Å². The Bertz CT molecular complexity index is 565. The van der Waals surface area contributed by atoms with Crippen molar-refractivity contribution in [3.05, 3.63) is 27.5 Å². The van der Waals surface area contributed by atoms with Gasteiger partial charge in [0.05, 0.1) is 4.88 Å². The highest BCUT2D eigenvalue weighted by Crippen LogP contribution is 2.29. The predicted octanol–water partition coefficient (Wildman–Crippen LogP) is 3.17. The summed E-state index contributed by atoms with van der Waals surface area (Å²) >= 11 is 3.19. The summed E-state index contributed by atoms with van der Waals surface area (Å²) in [6, 6.07) is 2.08. The zero-order valence-electron chi connectivity index (χ0n) is 12.1. The lowest BCUT2D eigenvalue weighted by Gasteiger charge is -2.11. The van der Waals surface area contributed by atoms with Gasteiger partial charge in [0.1, 0.15) is 0 Å². The maximum Gasteiger partial charge on any atom is 0.328 e. The summed E-state index contributed by atoms with van der Waals surface area (Å²) in [5, 5.41) is 12.4. The van der Waals surface area contributed by atoms with Crippen LogP contribution in [0, 0.1) is 6.92 Å². The molecular weight excluding hydrogens is 306 g/mol. The van der Waals surface area contributed by atoms with Gasteiger partial charge in [-0.2, -0.15) is 11.8 Å². The number of thioether (sulfide) groups is 1. The van der Waals surface area contributed by atoms with Gasteiger partial charge in [-0.05, 0) is 50.1 Å². The molecule has 0 spiro atoms. The van der Waals surface area contributed by atoms with E-state index in [9.17, 15) is 9.59 Å². The van der Waals surface area contributed by atoms with Gasteiger partial charge in [0.25, 0.3) is 5.91 Å². The first-order valence-corrected chi connectivity index (χ1v) is 8.95. The Morgan fingerprint density at radius 1 is 1.48 bits per heavy atom. The molecule has 0 radical (unpaired) electrons. The molecule has 21 heavy (non-hydrogen) atoms. The lowest BCUT2D eigenvalue weighted by atomic mass is 10.2. The highest BCUT2D eigenvalue weighted by molar-refractivity contribution is 7.99. The van der Waals surface area contributed by atoms with Crippen LogP contribution < -0.4 is 5.32 Å². The Labute approximate surface area is 132 Å². The number of amides is 1. The van der Waals surface area contributed by atoms with Crippen molar-refractivity contribution in [3.63, 3.8) is 0 Å². The summed E-state index contributed by atoms with van der Waals surface area (Å²) < 4.78 is 0. The van der Waals surface area contributed by atoms with Crippen molar-refractivity contribution in [2.75, 3.05) is 6.26 Å². The third-order valence-electron chi connectivity index (χ3n) is 3.61. The Hall–Kier alpha value is -1.27. The van der Waals surface area contributed by atoms with Gasteiger partial charge in [-0.3, -0.25) is 4.79 Å². The van der Waals surface area contributed by atoms with E-state index in [1.54, 1.807) is 6.08 Å². The number of aryl methyl sites for hydroxylation is 1. The molecule has 1 saturated carbocycles. The van der Waals surface area contributed by atoms with Crippen molar-refractivity contribution in [2.24, 2.45) is 0 Å². The van der Waals surface area contributed by atoms with Crippen LogP contribution in [0.2, 0.25) is 0 Å². The number of carboxylic acid groups (broad SMARTS) is 1. The predicted molar refractivity (Wildman–Crippen MR) is 88.1 cm³/mol. The second-order valence-corrected chi connectivity index (χ2v) is 7.39. The zero-order chi connectivity index (χ0) is 15.4. The molecule has 114 valence electrons. The molecule has 1 aliphatic rings. The number of rotatable bonds is 5. The van der Waals surface area contributed by atoms with Crippen LogP contribution in [0.3, 0.4) is 0 Å². The number of carboxylic acids is 1. The third-order valence-corrected chi connectivity index (χ3v) is 5.91. The highest BCUT2D eigenvalue weighted by atomic mass is 32.2. The molecule has 1 fully saturated rings. The first kappa shape index (κ1) is 16.1. The van der Waals surface area contributed by atoms with Crippen LogP contribution in [0.1, 0.15) is 39.4 Å². The van der Waals surface area contributed by atoms with Gasteiger partial charge in [-0.15, -0.1) is 11.3 Å². The van der Waals surface area contributed by atoms with E-state index in [1.807, 2.05) is 24.8 Å². The molecule has 1 heterocycles. The minimum Gasteiger partial charge on any atom is -0.478 e. The second kappa shape index (κ2) is 7.13. The molecular formula is C15H19NO3S2. The molecule has 0 aliphatic heterocycles. The molecule has 0 bridgehead atoms. The molecule has 0 saturated heterocycles. The largest absolute Gasteiger partial charge is 0.478 e. The maximum absolute atomic E-state index is 12.3. The van der Waals surface area contributed by atoms with Crippen molar-refractivity contribution in [1.29, 1.82) is 0 Å². The zero-order valence-corrected chi connectivity index (χ0v) is 13.7. The summed E-state index contributed by atoms with van der Waals surface area (Å²) in [4.78, 5) is 24.3. The van der Waals surface area contributed by atoms with Gasteiger partial charge in [0.2, 0.25) is 0 Å². The first-order valence-electron chi connectivity index (χ1n) is 6.84. The molecule has 2 atom stereocenters. The van der Waals surface area contributed by atoms with Gasteiger partial charge < -0.3 is 10.4 Å². The smallest absolute Gasteiger partial charge is 0.328 e. The minimum atomic E-state index is -0.983. The van der Waals surface area contributed by atoms with Crippen molar-refractivity contribution in [3.8, 4) is 0 Å². The Morgan fingerprint density at radius 3 is 2.86 bits per heavy atom. The summed E-state index contributed by atoms with van der Waals surface area (Å²) in [6.45, 7) is 1.88. The van der Waals surface area contributed by atoms with Crippen LogP contribution in [0.15, 0.2) is 12.1 Å². The minimum absolute atomic E-state index is 0.0511. The van der Waals surface area contributed by atoms with Crippen molar-refractivity contribution in [1.82, 2.24) is 5.32 Å². The quantitative estimate of drug-likeness (QED) is 0.816. The summed E-state index contributed by atoms with van der Waals surface area (Å²) in [6.07, 6.45) is 7.97. The topological polar surface area (TPSA) is 66.4 Å². The number of hydrogen-bond acceptors (Lipinski definition) is 4. The number of aliphatic carboxylic acids is 1. The standard InChI is InChI=1S/C15H19NO3S2/c1-9-7-13(21-12(9)5-6-14(17)18)15(19)16-10-3-4-11(8-10)20-2/h5-7,10-11H,3-4,8H2,1-2H3,(H,16,19)(H,17,18)/b6-5+. The summed E-state index contributed by atoms with van der Waals surface area (Å²) in [7, 11) is 0. The Morgan fingerprint density at radius 2 is 2.24 bits per heavy atom. The fourth-order valence-corrected chi connectivity index (χ4v) is 4.24. The van der Waals surface area contributed by atoms with Crippen LogP contribution in [-0.4, -0.2) is 34.5 Å². The van der Waals surface area contributed by atoms with E-state index in [1.165, 1.54) is 11.3 Å². The Kier molecular flexibility index (Phi) is 5.47. The molecule has 1 amide bonds. The molecule has 1 aliphatic carbocycles. The van der Waals surface area contributed by atoms with Crippen molar-refractivity contribution < 1.29 is 14.7 Å². The monoisotopic (exact) mass is 325 g/mol. The first-order chi connectivity index (χ1) is 9.99. The lowest BCUT2D eigenvalue weighted by Crippen LogP contribution is -2.32. The van der Waals surface area contributed by atoms with E-state index >= 15 is 0 Å². The Balaban J connectivity index is 2.00. The van der Waals surface area contributed by atoms with Crippen LogP contribution in [0.4, 0.5) is 0 Å². The highest BCUT2D eigenvalue weighted by Gasteiger charge is 2.25. The fourth-order valence-electron chi connectivity index (χ4n) is 2.46. The lowest BCUT2D eigenvalue weighted by molar-refractivity contribution is -0.131. The van der Waals surface area contributed by atoms with Gasteiger partial charge in [0.15, 0.2) is 0 Å². The van der Waals surface area contributed by atoms with Gasteiger partial charge >= 0.3 is 5.97 Å². The average molecular weight is 325 g/mol. The molecule has 2 rings (SSSR count). The number of hydrogen-bond donors (Lipinski definition) is 2. The van der Waals surface area contributed by atoms with Gasteiger partial charge in [-0.25, -0.2) is 4.79 Å². The summed E-state index contributed by atoms with van der Waals surface area (Å²) in [5.74, 6) is -1.03. The van der Waals surface area contributed by atoms with E-state index < -0.39 is 5.97 Å². The van der Waals surface area contributed by atoms with E-state index in [4.69, 9.17) is 5.11 Å². The second-order valence-electron chi connectivity index (χ2n) is 5.17. The fraction of sp³-hybridized carbons (Fsp3) is 0.467. The molecule has 2 unspecified atom stereocenters. The van der Waals surface area contributed by atoms with E-state index in [-0.39, 0.29) is 11.9 Å². The van der Waals surface area contributed by atoms with Crippen molar-refractivity contribution in [2.45, 2.75) is 37.5 Å². The number of thiophene rings is 1. The number of carbonyl (C=O) groups excluding carboxylic acids is 1. The molecule has 6 heteroatoms. The third kappa shape index (κ3) is 4.35. The van der Waals surface area contributed by atoms with Gasteiger partial charge in [-0.1, -0.05) is 0 Å². The van der Waals surface area contributed by atoms with Crippen LogP contribution in [-0.2, 0) is 4.79 Å². The molecule has 4 nitrogen and oxygen atoms in total. The van der Waals surface area contributed by atoms with E-state index in [0.717, 1.165) is 35.8 Å². The van der Waals surface area contributed by atoms with E-state index in [2.05, 4.69) is 11.6 Å². The number of carbonyl (C=O) groups is 2. The number of nitrogens with one attached hydrogen (secondary N) is 1. The summed E-state index contributed by atoms with van der Waals surface area (Å²) in [5.41, 5.74) is 0.927. The van der Waals surface area contributed by atoms with E-state index in [0.29, 0.717) is 10.1 Å². The van der Waals surface area contributed by atoms with Gasteiger partial charge in [0, 0.05) is 22.2 Å². The molecule has 1 aromatic rings. The average Bonchev–Trinajstić information content (AvgIpc) is 3.03. The molecule has 1 aromatic heterocycles. The van der Waals surface area contributed by atoms with Crippen LogP contribution in [0.5, 0.6) is 0 Å². The normalized spacial score (nSPS) is 21.8. The molecule has 0 aromatic carbocycles. The van der Waals surface area contributed by atoms with Crippen molar-refractivity contribution >= 4 is 41.1 Å². The SMILES string of the molecule is CSC1CCC(NC(=O)c2cc(C)c(/C=C/C(=O)O)s2)C1.